The Morgan fingerprint density at radius 3 is 2.43 bits per heavy atom. The molecule has 6 fully saturated rings. The first-order valence-electron chi connectivity index (χ1n) is 13.5. The number of epoxide rings is 1. The van der Waals surface area contributed by atoms with Gasteiger partial charge in [0.1, 0.15) is 17.8 Å². The van der Waals surface area contributed by atoms with Gasteiger partial charge in [0, 0.05) is 11.3 Å². The van der Waals surface area contributed by atoms with E-state index in [-0.39, 0.29) is 41.7 Å². The summed E-state index contributed by atoms with van der Waals surface area (Å²) in [6.45, 7) is 7.72. The van der Waals surface area contributed by atoms with Crippen LogP contribution < -0.4 is 0 Å². The molecule has 13 atom stereocenters. The number of rotatable bonds is 1. The average Bonchev–Trinajstić information content (AvgIpc) is 3.35. The predicted octanol–water partition coefficient (Wildman–Crippen LogP) is 2.30. The van der Waals surface area contributed by atoms with Crippen LogP contribution in [0.5, 0.6) is 0 Å². The molecule has 5 aliphatic carbocycles. The third-order valence-electron chi connectivity index (χ3n) is 13.1. The Morgan fingerprint density at radius 2 is 1.69 bits per heavy atom. The number of hydrogen-bond donors (Lipinski definition) is 3. The normalized spacial score (nSPS) is 64.1. The van der Waals surface area contributed by atoms with Gasteiger partial charge in [-0.25, -0.2) is 4.79 Å². The van der Waals surface area contributed by atoms with Gasteiger partial charge in [-0.15, -0.1) is 0 Å². The number of aliphatic hydroxyl groups excluding tert-OH is 1. The van der Waals surface area contributed by atoms with E-state index in [0.29, 0.717) is 19.3 Å². The van der Waals surface area contributed by atoms with Crippen molar-refractivity contribution >= 4 is 11.8 Å². The molecule has 0 aromatic heterocycles. The molecule has 2 heterocycles. The van der Waals surface area contributed by atoms with Crippen LogP contribution in [0.25, 0.3) is 0 Å². The van der Waals surface area contributed by atoms with Crippen LogP contribution in [-0.4, -0.2) is 62.2 Å². The minimum atomic E-state index is -1.64. The molecule has 3 N–H and O–H groups in total. The molecule has 1 spiro atoms. The molecule has 7 heteroatoms. The SMILES string of the molecule is C[C@]1(O)C(=O)O[C@@H]2CC([C@]3(O)CCC4[C@@H]5C[C@H]6O[C@]67[C@@H](O)C=CC(=O)[C@]7(C)C5CC[C@@]43C)[C@]1(C)C2. The van der Waals surface area contributed by atoms with Gasteiger partial charge in [0.2, 0.25) is 0 Å². The van der Waals surface area contributed by atoms with Crippen LogP contribution in [0.15, 0.2) is 12.2 Å². The molecule has 0 aromatic rings. The van der Waals surface area contributed by atoms with Gasteiger partial charge in [0.05, 0.1) is 17.1 Å². The van der Waals surface area contributed by atoms with Gasteiger partial charge in [0.25, 0.3) is 0 Å². The molecule has 2 bridgehead atoms. The van der Waals surface area contributed by atoms with Crippen LogP contribution in [0.3, 0.4) is 0 Å². The van der Waals surface area contributed by atoms with Crippen molar-refractivity contribution in [1.82, 2.24) is 0 Å². The summed E-state index contributed by atoms with van der Waals surface area (Å²) >= 11 is 0. The van der Waals surface area contributed by atoms with E-state index in [1.807, 2.05) is 13.8 Å². The molecule has 2 aliphatic heterocycles. The van der Waals surface area contributed by atoms with Crippen LogP contribution >= 0.6 is 0 Å². The van der Waals surface area contributed by atoms with E-state index in [4.69, 9.17) is 9.47 Å². The van der Waals surface area contributed by atoms with Gasteiger partial charge in [-0.2, -0.15) is 0 Å². The number of carbonyl (C=O) groups is 2. The highest BCUT2D eigenvalue weighted by Gasteiger charge is 2.81. The van der Waals surface area contributed by atoms with Crippen LogP contribution in [0.2, 0.25) is 0 Å². The zero-order valence-electron chi connectivity index (χ0n) is 21.1. The van der Waals surface area contributed by atoms with Crippen molar-refractivity contribution in [2.24, 2.45) is 39.9 Å². The largest absolute Gasteiger partial charge is 0.460 e. The lowest BCUT2D eigenvalue weighted by molar-refractivity contribution is -0.217. The fourth-order valence-corrected chi connectivity index (χ4v) is 10.9. The van der Waals surface area contributed by atoms with Crippen molar-refractivity contribution in [2.75, 3.05) is 0 Å². The minimum Gasteiger partial charge on any atom is -0.460 e. The number of allylic oxidation sites excluding steroid dienone is 1. The third kappa shape index (κ3) is 2.19. The number of ether oxygens (including phenoxy) is 2. The maximum atomic E-state index is 13.4. The van der Waals surface area contributed by atoms with Crippen molar-refractivity contribution in [3.05, 3.63) is 12.2 Å². The summed E-state index contributed by atoms with van der Waals surface area (Å²) in [6.07, 6.45) is 6.98. The molecule has 192 valence electrons. The highest BCUT2D eigenvalue weighted by molar-refractivity contribution is 5.98. The van der Waals surface area contributed by atoms with E-state index < -0.39 is 45.1 Å². The lowest BCUT2D eigenvalue weighted by Crippen LogP contribution is -2.66. The van der Waals surface area contributed by atoms with E-state index in [2.05, 4.69) is 6.92 Å². The molecule has 0 radical (unpaired) electrons. The maximum absolute atomic E-state index is 13.4. The zero-order valence-corrected chi connectivity index (χ0v) is 21.1. The van der Waals surface area contributed by atoms with E-state index >= 15 is 0 Å². The highest BCUT2D eigenvalue weighted by Crippen LogP contribution is 2.75. The Labute approximate surface area is 206 Å². The van der Waals surface area contributed by atoms with Crippen molar-refractivity contribution in [1.29, 1.82) is 0 Å². The van der Waals surface area contributed by atoms with E-state index in [0.717, 1.165) is 25.7 Å². The molecule has 0 aromatic carbocycles. The first-order valence-corrected chi connectivity index (χ1v) is 13.5. The number of fused-ring (bicyclic) bond motifs is 6. The van der Waals surface area contributed by atoms with Gasteiger partial charge in [0.15, 0.2) is 11.4 Å². The summed E-state index contributed by atoms with van der Waals surface area (Å²) in [6, 6.07) is 0. The number of hydrogen-bond acceptors (Lipinski definition) is 7. The smallest absolute Gasteiger partial charge is 0.338 e. The van der Waals surface area contributed by atoms with Crippen LogP contribution in [0.1, 0.15) is 72.6 Å². The number of esters is 1. The highest BCUT2D eigenvalue weighted by atomic mass is 16.6. The summed E-state index contributed by atoms with van der Waals surface area (Å²) in [5, 5.41) is 34.8. The first kappa shape index (κ1) is 22.9. The van der Waals surface area contributed by atoms with E-state index in [1.54, 1.807) is 19.1 Å². The molecule has 0 amide bonds. The Kier molecular flexibility index (Phi) is 4.07. The first-order chi connectivity index (χ1) is 16.3. The fourth-order valence-electron chi connectivity index (χ4n) is 10.9. The molecule has 3 unspecified atom stereocenters. The molecule has 7 aliphatic rings. The average molecular weight is 487 g/mol. The summed E-state index contributed by atoms with van der Waals surface area (Å²) in [7, 11) is 0. The number of ketones is 1. The van der Waals surface area contributed by atoms with Gasteiger partial charge in [-0.05, 0) is 94.1 Å². The lowest BCUT2D eigenvalue weighted by Gasteiger charge is -2.60. The third-order valence-corrected chi connectivity index (χ3v) is 13.1. The quantitative estimate of drug-likeness (QED) is 0.385. The lowest BCUT2D eigenvalue weighted by atomic mass is 9.43. The van der Waals surface area contributed by atoms with Crippen LogP contribution in [0.4, 0.5) is 0 Å². The predicted molar refractivity (Wildman–Crippen MR) is 124 cm³/mol. The van der Waals surface area contributed by atoms with Crippen molar-refractivity contribution in [3.8, 4) is 0 Å². The maximum Gasteiger partial charge on any atom is 0.338 e. The number of carbonyl (C=O) groups excluding carboxylic acids is 2. The van der Waals surface area contributed by atoms with E-state index in [1.165, 1.54) is 0 Å². The van der Waals surface area contributed by atoms with Gasteiger partial charge < -0.3 is 24.8 Å². The Bertz CT molecular complexity index is 1070. The van der Waals surface area contributed by atoms with Crippen molar-refractivity contribution in [3.63, 3.8) is 0 Å². The van der Waals surface area contributed by atoms with Crippen LogP contribution in [0, 0.1) is 39.9 Å². The number of aliphatic hydroxyl groups is 3. The standard InChI is InChI=1S/C28H38O7/c1-23-9-7-17-15(12-21-28(35-21)20(30)6-5-19(29)25(17,28)3)16(23)8-10-27(23,33)18-11-14-13-24(18,2)26(4,32)22(31)34-14/h5-6,14-18,20-21,30,32-33H,7-13H2,1-4H3/t14-,15+,16?,17?,18?,20+,21-,23+,24+,25+,26+,27-,28-/m1/s1. The second-order valence-electron chi connectivity index (χ2n) is 13.8. The summed E-state index contributed by atoms with van der Waals surface area (Å²) in [5.41, 5.74) is -5.36. The van der Waals surface area contributed by atoms with Gasteiger partial charge >= 0.3 is 5.97 Å². The van der Waals surface area contributed by atoms with Gasteiger partial charge in [-0.3, -0.25) is 4.79 Å². The molecule has 2 saturated heterocycles. The fraction of sp³-hybridized carbons (Fsp3) is 0.857. The molecular weight excluding hydrogens is 448 g/mol. The minimum absolute atomic E-state index is 0.0562. The van der Waals surface area contributed by atoms with E-state index in [9.17, 15) is 24.9 Å². The Hall–Kier alpha value is -1.28. The van der Waals surface area contributed by atoms with Gasteiger partial charge in [-0.1, -0.05) is 13.8 Å². The summed E-state index contributed by atoms with van der Waals surface area (Å²) in [5.74, 6) is -0.226. The molecule has 4 saturated carbocycles. The topological polar surface area (TPSA) is 117 Å². The second-order valence-corrected chi connectivity index (χ2v) is 13.8. The monoisotopic (exact) mass is 486 g/mol. The molecule has 35 heavy (non-hydrogen) atoms. The summed E-state index contributed by atoms with van der Waals surface area (Å²) in [4.78, 5) is 26.0. The molecule has 7 nitrogen and oxygen atoms in total. The van der Waals surface area contributed by atoms with Crippen LogP contribution in [-0.2, 0) is 19.1 Å². The second kappa shape index (κ2) is 6.23. The zero-order chi connectivity index (χ0) is 25.0. The molecule has 7 rings (SSSR count). The van der Waals surface area contributed by atoms with Crippen molar-refractivity contribution in [2.45, 2.75) is 108 Å². The van der Waals surface area contributed by atoms with Crippen molar-refractivity contribution < 1.29 is 34.4 Å². The summed E-state index contributed by atoms with van der Waals surface area (Å²) < 4.78 is 11.8. The Morgan fingerprint density at radius 1 is 0.971 bits per heavy atom. The molecular formula is C28H38O7. The Balaban J connectivity index is 1.27.